The highest BCUT2D eigenvalue weighted by atomic mass is 16.1. The third kappa shape index (κ3) is 1.53. The Morgan fingerprint density at radius 2 is 2.08 bits per heavy atom. The Bertz CT molecular complexity index is 188. The number of Topliss-reactive ketones (excluding diaryl/α,β-unsaturated/α-hetero) is 1. The largest absolute Gasteiger partial charge is 0.300 e. The average molecular weight is 169 g/mol. The smallest absolute Gasteiger partial charge is 0.136 e. The molecule has 1 unspecified atom stereocenters. The molecule has 0 saturated carbocycles. The lowest BCUT2D eigenvalue weighted by atomic mass is 9.79. The molecule has 0 spiro atoms. The van der Waals surface area contributed by atoms with E-state index in [1.165, 1.54) is 0 Å². The van der Waals surface area contributed by atoms with Crippen LogP contribution in [-0.4, -0.2) is 29.8 Å². The Labute approximate surface area is 74.9 Å². The first-order valence-electron chi connectivity index (χ1n) is 4.70. The number of carbonyl (C=O) groups excluding carboxylic acids is 1. The van der Waals surface area contributed by atoms with Gasteiger partial charge in [-0.1, -0.05) is 13.8 Å². The third-order valence-electron chi connectivity index (χ3n) is 3.40. The number of rotatable bonds is 1. The van der Waals surface area contributed by atoms with Crippen LogP contribution in [0.2, 0.25) is 0 Å². The fraction of sp³-hybridized carbons (Fsp3) is 0.900. The zero-order valence-corrected chi connectivity index (χ0v) is 8.55. The summed E-state index contributed by atoms with van der Waals surface area (Å²) in [5.41, 5.74) is 0.0926. The van der Waals surface area contributed by atoms with Crippen molar-refractivity contribution in [3.63, 3.8) is 0 Å². The van der Waals surface area contributed by atoms with Gasteiger partial charge in [-0.05, 0) is 19.9 Å². The maximum Gasteiger partial charge on any atom is 0.136 e. The molecule has 0 aromatic heterocycles. The maximum absolute atomic E-state index is 11.3. The normalized spacial score (nSPS) is 32.9. The topological polar surface area (TPSA) is 20.3 Å². The van der Waals surface area contributed by atoms with Crippen LogP contribution in [0.15, 0.2) is 0 Å². The lowest BCUT2D eigenvalue weighted by molar-refractivity contribution is -0.126. The van der Waals surface area contributed by atoms with Crippen LogP contribution in [0.4, 0.5) is 0 Å². The molecule has 1 saturated heterocycles. The van der Waals surface area contributed by atoms with Gasteiger partial charge < -0.3 is 0 Å². The Hall–Kier alpha value is -0.370. The molecule has 2 nitrogen and oxygen atoms in total. The van der Waals surface area contributed by atoms with Crippen molar-refractivity contribution in [3.05, 3.63) is 0 Å². The molecule has 1 heterocycles. The summed E-state index contributed by atoms with van der Waals surface area (Å²) in [5.74, 6) is 0.969. The van der Waals surface area contributed by atoms with Crippen LogP contribution in [0.3, 0.4) is 0 Å². The molecule has 0 amide bonds. The molecule has 0 aliphatic carbocycles. The van der Waals surface area contributed by atoms with Crippen molar-refractivity contribution in [3.8, 4) is 0 Å². The van der Waals surface area contributed by atoms with Crippen molar-refractivity contribution in [1.29, 1.82) is 0 Å². The monoisotopic (exact) mass is 169 g/mol. The van der Waals surface area contributed by atoms with Crippen LogP contribution < -0.4 is 0 Å². The lowest BCUT2D eigenvalue weighted by Crippen LogP contribution is -2.53. The van der Waals surface area contributed by atoms with E-state index in [2.05, 4.69) is 32.7 Å². The molecule has 0 aromatic rings. The second-order valence-electron chi connectivity index (χ2n) is 4.40. The molecule has 1 atom stereocenters. The van der Waals surface area contributed by atoms with Gasteiger partial charge in [-0.15, -0.1) is 0 Å². The number of hydrogen-bond donors (Lipinski definition) is 0. The Morgan fingerprint density at radius 1 is 1.50 bits per heavy atom. The standard InChI is InChI=1S/C10H19NO/c1-8(2)10(3)7-9(12)5-6-11(10)4/h8H,5-7H2,1-4H3. The molecule has 1 fully saturated rings. The van der Waals surface area contributed by atoms with Gasteiger partial charge >= 0.3 is 0 Å². The van der Waals surface area contributed by atoms with E-state index in [-0.39, 0.29) is 5.54 Å². The Kier molecular flexibility index (Phi) is 2.57. The van der Waals surface area contributed by atoms with Crippen molar-refractivity contribution >= 4 is 5.78 Å². The average Bonchev–Trinajstić information content (AvgIpc) is 1.97. The van der Waals surface area contributed by atoms with Crippen molar-refractivity contribution in [2.45, 2.75) is 39.2 Å². The second kappa shape index (κ2) is 3.17. The minimum Gasteiger partial charge on any atom is -0.300 e. The number of hydrogen-bond acceptors (Lipinski definition) is 2. The van der Waals surface area contributed by atoms with Crippen LogP contribution >= 0.6 is 0 Å². The van der Waals surface area contributed by atoms with Gasteiger partial charge in [0.05, 0.1) is 0 Å². The first kappa shape index (κ1) is 9.72. The van der Waals surface area contributed by atoms with E-state index in [1.54, 1.807) is 0 Å². The highest BCUT2D eigenvalue weighted by Crippen LogP contribution is 2.31. The molecule has 0 N–H and O–H groups in total. The van der Waals surface area contributed by atoms with E-state index in [1.807, 2.05) is 0 Å². The summed E-state index contributed by atoms with van der Waals surface area (Å²) in [5, 5.41) is 0. The molecule has 70 valence electrons. The highest BCUT2D eigenvalue weighted by Gasteiger charge is 2.37. The van der Waals surface area contributed by atoms with Gasteiger partial charge in [-0.3, -0.25) is 9.69 Å². The Balaban J connectivity index is 2.77. The predicted octanol–water partition coefficient (Wildman–Crippen LogP) is 1.70. The maximum atomic E-state index is 11.3. The fourth-order valence-electron chi connectivity index (χ4n) is 1.82. The number of piperidine rings is 1. The van der Waals surface area contributed by atoms with Crippen LogP contribution in [0.25, 0.3) is 0 Å². The summed E-state index contributed by atoms with van der Waals surface area (Å²) in [6, 6.07) is 0. The Morgan fingerprint density at radius 3 is 2.50 bits per heavy atom. The summed E-state index contributed by atoms with van der Waals surface area (Å²) < 4.78 is 0. The summed E-state index contributed by atoms with van der Waals surface area (Å²) in [4.78, 5) is 13.6. The number of ketones is 1. The quantitative estimate of drug-likeness (QED) is 0.595. The molecule has 12 heavy (non-hydrogen) atoms. The predicted molar refractivity (Wildman–Crippen MR) is 50.1 cm³/mol. The van der Waals surface area contributed by atoms with Crippen LogP contribution in [0.1, 0.15) is 33.6 Å². The van der Waals surface area contributed by atoms with E-state index in [9.17, 15) is 4.79 Å². The first-order chi connectivity index (χ1) is 5.47. The van der Waals surface area contributed by atoms with Gasteiger partial charge in [0.25, 0.3) is 0 Å². The summed E-state index contributed by atoms with van der Waals surface area (Å²) >= 11 is 0. The number of carbonyl (C=O) groups is 1. The van der Waals surface area contributed by atoms with Crippen LogP contribution in [-0.2, 0) is 4.79 Å². The minimum atomic E-state index is 0.0926. The van der Waals surface area contributed by atoms with Crippen LogP contribution in [0, 0.1) is 5.92 Å². The molecule has 0 radical (unpaired) electrons. The molecule has 0 aromatic carbocycles. The molecule has 0 bridgehead atoms. The SMILES string of the molecule is CC(C)C1(C)CC(=O)CCN1C. The van der Waals surface area contributed by atoms with E-state index in [4.69, 9.17) is 0 Å². The number of likely N-dealkylation sites (tertiary alicyclic amines) is 1. The summed E-state index contributed by atoms with van der Waals surface area (Å²) in [6.07, 6.45) is 1.46. The fourth-order valence-corrected chi connectivity index (χ4v) is 1.82. The van der Waals surface area contributed by atoms with Crippen molar-refractivity contribution < 1.29 is 4.79 Å². The summed E-state index contributed by atoms with van der Waals surface area (Å²) in [6.45, 7) is 7.49. The van der Waals surface area contributed by atoms with Crippen molar-refractivity contribution in [1.82, 2.24) is 4.90 Å². The lowest BCUT2D eigenvalue weighted by Gasteiger charge is -2.45. The van der Waals surface area contributed by atoms with E-state index >= 15 is 0 Å². The van der Waals surface area contributed by atoms with Gasteiger partial charge in [0.2, 0.25) is 0 Å². The minimum absolute atomic E-state index is 0.0926. The molecular formula is C10H19NO. The van der Waals surface area contributed by atoms with Gasteiger partial charge in [-0.25, -0.2) is 0 Å². The third-order valence-corrected chi connectivity index (χ3v) is 3.40. The van der Waals surface area contributed by atoms with Gasteiger partial charge in [0, 0.05) is 24.9 Å². The van der Waals surface area contributed by atoms with Gasteiger partial charge in [0.15, 0.2) is 0 Å². The van der Waals surface area contributed by atoms with Gasteiger partial charge in [-0.2, -0.15) is 0 Å². The van der Waals surface area contributed by atoms with E-state index < -0.39 is 0 Å². The molecule has 1 aliphatic rings. The van der Waals surface area contributed by atoms with Crippen molar-refractivity contribution in [2.75, 3.05) is 13.6 Å². The van der Waals surface area contributed by atoms with E-state index in [0.717, 1.165) is 19.4 Å². The second-order valence-corrected chi connectivity index (χ2v) is 4.40. The molecular weight excluding hydrogens is 150 g/mol. The summed E-state index contributed by atoms with van der Waals surface area (Å²) in [7, 11) is 2.12. The molecule has 2 heteroatoms. The zero-order chi connectivity index (χ0) is 9.35. The molecule has 1 aliphatic heterocycles. The first-order valence-corrected chi connectivity index (χ1v) is 4.70. The zero-order valence-electron chi connectivity index (χ0n) is 8.55. The van der Waals surface area contributed by atoms with E-state index in [0.29, 0.717) is 11.7 Å². The highest BCUT2D eigenvalue weighted by molar-refractivity contribution is 5.80. The van der Waals surface area contributed by atoms with Crippen LogP contribution in [0.5, 0.6) is 0 Å². The van der Waals surface area contributed by atoms with Gasteiger partial charge in [0.1, 0.15) is 5.78 Å². The van der Waals surface area contributed by atoms with Crippen molar-refractivity contribution in [2.24, 2.45) is 5.92 Å². The number of nitrogens with zero attached hydrogens (tertiary/aromatic N) is 1. The molecule has 1 rings (SSSR count).